The van der Waals surface area contributed by atoms with Crippen molar-refractivity contribution >= 4 is 11.9 Å². The molecule has 6 heteroatoms. The van der Waals surface area contributed by atoms with Gasteiger partial charge in [0.15, 0.2) is 0 Å². The topological polar surface area (TPSA) is 78.9 Å². The maximum absolute atomic E-state index is 12.8. The average molecular weight is 346 g/mol. The molecule has 0 radical (unpaired) electrons. The number of hydrogen-bond donors (Lipinski definition) is 2. The molecule has 25 heavy (non-hydrogen) atoms. The molecule has 6 nitrogen and oxygen atoms in total. The quantitative estimate of drug-likeness (QED) is 0.775. The zero-order chi connectivity index (χ0) is 17.9. The predicted molar refractivity (Wildman–Crippen MR) is 93.2 cm³/mol. The van der Waals surface area contributed by atoms with E-state index >= 15 is 0 Å². The minimum absolute atomic E-state index is 0.0290. The first-order valence-corrected chi connectivity index (χ1v) is 9.01. The summed E-state index contributed by atoms with van der Waals surface area (Å²) >= 11 is 0. The van der Waals surface area contributed by atoms with Crippen LogP contribution in [0.4, 0.5) is 4.79 Å². The van der Waals surface area contributed by atoms with Crippen molar-refractivity contribution in [2.75, 3.05) is 13.2 Å². The number of carbonyl (C=O) groups is 2. The molecule has 1 aromatic carbocycles. The van der Waals surface area contributed by atoms with E-state index in [0.29, 0.717) is 5.75 Å². The van der Waals surface area contributed by atoms with Crippen molar-refractivity contribution in [3.8, 4) is 5.75 Å². The van der Waals surface area contributed by atoms with Gasteiger partial charge in [-0.1, -0.05) is 37.5 Å². The molecule has 3 amide bonds. The summed E-state index contributed by atoms with van der Waals surface area (Å²) < 4.78 is 5.50. The van der Waals surface area contributed by atoms with E-state index in [9.17, 15) is 14.7 Å². The summed E-state index contributed by atoms with van der Waals surface area (Å²) in [5.74, 6) is 0.578. The molecule has 136 valence electrons. The van der Waals surface area contributed by atoms with Crippen molar-refractivity contribution < 1.29 is 19.4 Å². The number of amides is 3. The van der Waals surface area contributed by atoms with E-state index in [1.54, 1.807) is 12.1 Å². The third-order valence-corrected chi connectivity index (χ3v) is 5.30. The SMILES string of the molecule is C[C@]1(C2CCCCC2)NC(=O)N(C[C@H](O)COc2ccccc2)C1=O. The van der Waals surface area contributed by atoms with Crippen LogP contribution in [0.25, 0.3) is 0 Å². The van der Waals surface area contributed by atoms with E-state index in [0.717, 1.165) is 30.6 Å². The standard InChI is InChI=1S/C19H26N2O4/c1-19(14-8-4-2-5-9-14)17(23)21(18(24)20-19)12-15(22)13-25-16-10-6-3-7-11-16/h3,6-7,10-11,14-15,22H,2,4-5,8-9,12-13H2,1H3,(H,20,24)/t15-,19+/m0/s1. The van der Waals surface area contributed by atoms with Gasteiger partial charge in [-0.05, 0) is 37.8 Å². The van der Waals surface area contributed by atoms with Crippen LogP contribution in [0.1, 0.15) is 39.0 Å². The zero-order valence-electron chi connectivity index (χ0n) is 14.6. The molecule has 1 saturated heterocycles. The molecule has 0 spiro atoms. The Morgan fingerprint density at radius 2 is 1.92 bits per heavy atom. The monoisotopic (exact) mass is 346 g/mol. The summed E-state index contributed by atoms with van der Waals surface area (Å²) in [5, 5.41) is 13.1. The van der Waals surface area contributed by atoms with Gasteiger partial charge in [0.25, 0.3) is 5.91 Å². The number of rotatable bonds is 6. The summed E-state index contributed by atoms with van der Waals surface area (Å²) in [6, 6.07) is 8.73. The van der Waals surface area contributed by atoms with E-state index in [2.05, 4.69) is 5.32 Å². The highest BCUT2D eigenvalue weighted by Gasteiger charge is 2.52. The fraction of sp³-hybridized carbons (Fsp3) is 0.579. The van der Waals surface area contributed by atoms with Crippen molar-refractivity contribution in [3.63, 3.8) is 0 Å². The highest BCUT2D eigenvalue weighted by Crippen LogP contribution is 2.36. The first-order chi connectivity index (χ1) is 12.0. The largest absolute Gasteiger partial charge is 0.491 e. The number of carbonyl (C=O) groups excluding carboxylic acids is 2. The van der Waals surface area contributed by atoms with Crippen LogP contribution in [0.2, 0.25) is 0 Å². The summed E-state index contributed by atoms with van der Waals surface area (Å²) in [7, 11) is 0. The lowest BCUT2D eigenvalue weighted by atomic mass is 9.75. The van der Waals surface area contributed by atoms with Gasteiger partial charge >= 0.3 is 6.03 Å². The van der Waals surface area contributed by atoms with Crippen LogP contribution < -0.4 is 10.1 Å². The van der Waals surface area contributed by atoms with Crippen molar-refractivity contribution in [2.24, 2.45) is 5.92 Å². The van der Waals surface area contributed by atoms with E-state index in [-0.39, 0.29) is 25.0 Å². The molecule has 2 fully saturated rings. The lowest BCUT2D eigenvalue weighted by Gasteiger charge is -2.34. The molecule has 2 aliphatic rings. The third kappa shape index (κ3) is 3.79. The third-order valence-electron chi connectivity index (χ3n) is 5.30. The number of benzene rings is 1. The Labute approximate surface area is 148 Å². The summed E-state index contributed by atoms with van der Waals surface area (Å²) in [4.78, 5) is 26.3. The number of ether oxygens (including phenoxy) is 1. The Morgan fingerprint density at radius 3 is 2.60 bits per heavy atom. The van der Waals surface area contributed by atoms with E-state index < -0.39 is 17.7 Å². The fourth-order valence-corrected chi connectivity index (χ4v) is 3.81. The number of para-hydroxylation sites is 1. The fourth-order valence-electron chi connectivity index (χ4n) is 3.81. The molecule has 1 aliphatic heterocycles. The van der Waals surface area contributed by atoms with Crippen LogP contribution in [-0.4, -0.2) is 46.7 Å². The molecule has 1 heterocycles. The van der Waals surface area contributed by atoms with Crippen molar-refractivity contribution in [1.29, 1.82) is 0 Å². The molecule has 1 saturated carbocycles. The molecule has 2 atom stereocenters. The molecule has 0 unspecified atom stereocenters. The molecule has 3 rings (SSSR count). The van der Waals surface area contributed by atoms with Crippen molar-refractivity contribution in [1.82, 2.24) is 10.2 Å². The molecule has 1 aromatic rings. The number of aliphatic hydroxyl groups is 1. The van der Waals surface area contributed by atoms with Crippen LogP contribution in [0.3, 0.4) is 0 Å². The van der Waals surface area contributed by atoms with Crippen molar-refractivity contribution in [2.45, 2.75) is 50.7 Å². The molecule has 2 N–H and O–H groups in total. The maximum atomic E-state index is 12.8. The van der Waals surface area contributed by atoms with Gasteiger partial charge in [-0.25, -0.2) is 4.79 Å². The van der Waals surface area contributed by atoms with Gasteiger partial charge in [-0.2, -0.15) is 0 Å². The summed E-state index contributed by atoms with van der Waals surface area (Å²) in [5.41, 5.74) is -0.850. The number of β-amino-alcohol motifs (C(OH)–C–C–N with tert-alkyl or cyclic N) is 1. The number of aliphatic hydroxyl groups excluding tert-OH is 1. The average Bonchev–Trinajstić information content (AvgIpc) is 2.86. The van der Waals surface area contributed by atoms with Crippen LogP contribution in [0.5, 0.6) is 5.75 Å². The summed E-state index contributed by atoms with van der Waals surface area (Å²) in [6.07, 6.45) is 4.36. The van der Waals surface area contributed by atoms with Crippen LogP contribution in [0.15, 0.2) is 30.3 Å². The first kappa shape index (κ1) is 17.7. The van der Waals surface area contributed by atoms with Crippen LogP contribution >= 0.6 is 0 Å². The van der Waals surface area contributed by atoms with Crippen molar-refractivity contribution in [3.05, 3.63) is 30.3 Å². The number of nitrogens with zero attached hydrogens (tertiary/aromatic N) is 1. The Balaban J connectivity index is 1.58. The molecule has 1 aliphatic carbocycles. The highest BCUT2D eigenvalue weighted by atomic mass is 16.5. The minimum atomic E-state index is -0.927. The van der Waals surface area contributed by atoms with Crippen LogP contribution in [0, 0.1) is 5.92 Å². The van der Waals surface area contributed by atoms with E-state index in [4.69, 9.17) is 4.74 Å². The molecule has 0 aromatic heterocycles. The Hall–Kier alpha value is -2.08. The summed E-state index contributed by atoms with van der Waals surface area (Å²) in [6.45, 7) is 1.79. The Bertz CT molecular complexity index is 615. The molecular formula is C19H26N2O4. The second kappa shape index (κ2) is 7.44. The zero-order valence-corrected chi connectivity index (χ0v) is 14.6. The lowest BCUT2D eigenvalue weighted by molar-refractivity contribution is -0.134. The first-order valence-electron chi connectivity index (χ1n) is 9.01. The minimum Gasteiger partial charge on any atom is -0.491 e. The maximum Gasteiger partial charge on any atom is 0.325 e. The van der Waals surface area contributed by atoms with Crippen LogP contribution in [-0.2, 0) is 4.79 Å². The predicted octanol–water partition coefficient (Wildman–Crippen LogP) is 2.32. The second-order valence-electron chi connectivity index (χ2n) is 7.16. The molecule has 0 bridgehead atoms. The van der Waals surface area contributed by atoms with Gasteiger partial charge in [0.05, 0.1) is 6.54 Å². The smallest absolute Gasteiger partial charge is 0.325 e. The Morgan fingerprint density at radius 1 is 1.24 bits per heavy atom. The van der Waals surface area contributed by atoms with Gasteiger partial charge in [0.2, 0.25) is 0 Å². The number of imide groups is 1. The second-order valence-corrected chi connectivity index (χ2v) is 7.16. The Kier molecular flexibility index (Phi) is 5.27. The lowest BCUT2D eigenvalue weighted by Crippen LogP contribution is -2.51. The molecular weight excluding hydrogens is 320 g/mol. The van der Waals surface area contributed by atoms with E-state index in [1.807, 2.05) is 25.1 Å². The number of nitrogens with one attached hydrogen (secondary N) is 1. The van der Waals surface area contributed by atoms with Gasteiger partial charge in [0.1, 0.15) is 24.0 Å². The highest BCUT2D eigenvalue weighted by molar-refractivity contribution is 6.07. The van der Waals surface area contributed by atoms with E-state index in [1.165, 1.54) is 6.42 Å². The number of urea groups is 1. The number of hydrogen-bond acceptors (Lipinski definition) is 4. The van der Waals surface area contributed by atoms with Gasteiger partial charge in [-0.15, -0.1) is 0 Å². The van der Waals surface area contributed by atoms with Gasteiger partial charge in [0, 0.05) is 0 Å². The van der Waals surface area contributed by atoms with Gasteiger partial charge < -0.3 is 15.2 Å². The van der Waals surface area contributed by atoms with Gasteiger partial charge in [-0.3, -0.25) is 9.69 Å². The normalized spacial score (nSPS) is 25.8.